The van der Waals surface area contributed by atoms with Crippen LogP contribution in [-0.4, -0.2) is 17.7 Å². The van der Waals surface area contributed by atoms with Crippen molar-refractivity contribution in [2.24, 2.45) is 0 Å². The normalized spacial score (nSPS) is 19.0. The standard InChI is InChI=1S/C26H21F3O4/c27-26(28,29)22-7-2-1-4-20(22)18-5-3-6-21-19(18)10-11-23(21)33-16-8-9-17-15(12-25(30)31)14-32-24(17)13-16/h1-9,13,15,23H,10-12,14H2,(H,30,31). The first-order chi connectivity index (χ1) is 15.8. The van der Waals surface area contributed by atoms with Crippen molar-refractivity contribution >= 4 is 5.97 Å². The molecule has 1 aliphatic carbocycles. The fourth-order valence-corrected chi connectivity index (χ4v) is 4.83. The molecule has 0 bridgehead atoms. The Kier molecular flexibility index (Phi) is 5.27. The fourth-order valence-electron chi connectivity index (χ4n) is 4.83. The van der Waals surface area contributed by atoms with Crippen molar-refractivity contribution in [3.63, 3.8) is 0 Å². The molecule has 5 rings (SSSR count). The summed E-state index contributed by atoms with van der Waals surface area (Å²) in [5, 5.41) is 9.06. The summed E-state index contributed by atoms with van der Waals surface area (Å²) in [4.78, 5) is 11.0. The minimum absolute atomic E-state index is 0.00534. The minimum atomic E-state index is -4.43. The maximum absolute atomic E-state index is 13.6. The molecule has 2 atom stereocenters. The zero-order chi connectivity index (χ0) is 23.2. The zero-order valence-corrected chi connectivity index (χ0v) is 17.6. The predicted octanol–water partition coefficient (Wildman–Crippen LogP) is 6.39. The van der Waals surface area contributed by atoms with Crippen LogP contribution in [0.3, 0.4) is 0 Å². The van der Waals surface area contributed by atoms with Crippen LogP contribution in [0.4, 0.5) is 13.2 Å². The van der Waals surface area contributed by atoms with E-state index >= 15 is 0 Å². The Morgan fingerprint density at radius 2 is 1.82 bits per heavy atom. The molecule has 0 saturated heterocycles. The first-order valence-electron chi connectivity index (χ1n) is 10.7. The third kappa shape index (κ3) is 4.03. The number of halogens is 3. The fraction of sp³-hybridized carbons (Fsp3) is 0.269. The second-order valence-electron chi connectivity index (χ2n) is 8.37. The van der Waals surface area contributed by atoms with E-state index in [-0.39, 0.29) is 24.0 Å². The molecule has 3 aromatic rings. The van der Waals surface area contributed by atoms with Gasteiger partial charge in [0.05, 0.1) is 18.6 Å². The molecule has 1 heterocycles. The highest BCUT2D eigenvalue weighted by molar-refractivity contribution is 5.73. The van der Waals surface area contributed by atoms with Crippen LogP contribution < -0.4 is 9.47 Å². The van der Waals surface area contributed by atoms with E-state index in [0.717, 1.165) is 22.8 Å². The molecule has 170 valence electrons. The number of ether oxygens (including phenoxy) is 2. The maximum Gasteiger partial charge on any atom is 0.417 e. The molecule has 33 heavy (non-hydrogen) atoms. The van der Waals surface area contributed by atoms with E-state index in [2.05, 4.69) is 0 Å². The number of fused-ring (bicyclic) bond motifs is 2. The lowest BCUT2D eigenvalue weighted by molar-refractivity contribution is -0.138. The number of hydrogen-bond donors (Lipinski definition) is 1. The Balaban J connectivity index is 1.42. The smallest absolute Gasteiger partial charge is 0.417 e. The highest BCUT2D eigenvalue weighted by atomic mass is 19.4. The second kappa shape index (κ2) is 8.14. The number of carbonyl (C=O) groups is 1. The van der Waals surface area contributed by atoms with Gasteiger partial charge in [0, 0.05) is 17.5 Å². The molecule has 7 heteroatoms. The van der Waals surface area contributed by atoms with Crippen LogP contribution in [0.1, 0.15) is 47.1 Å². The Hall–Kier alpha value is -3.48. The third-order valence-electron chi connectivity index (χ3n) is 6.30. The summed E-state index contributed by atoms with van der Waals surface area (Å²) in [5.74, 6) is 0.144. The van der Waals surface area contributed by atoms with Gasteiger partial charge in [0.2, 0.25) is 0 Å². The van der Waals surface area contributed by atoms with Crippen LogP contribution in [0.5, 0.6) is 11.5 Å². The summed E-state index contributed by atoms with van der Waals surface area (Å²) in [7, 11) is 0. The molecule has 3 aromatic carbocycles. The highest BCUT2D eigenvalue weighted by Gasteiger charge is 2.35. The van der Waals surface area contributed by atoms with Gasteiger partial charge in [0.1, 0.15) is 17.6 Å². The van der Waals surface area contributed by atoms with Crippen LogP contribution in [0.25, 0.3) is 11.1 Å². The van der Waals surface area contributed by atoms with Crippen molar-refractivity contribution in [3.05, 3.63) is 82.9 Å². The first kappa shape index (κ1) is 21.4. The molecule has 0 radical (unpaired) electrons. The van der Waals surface area contributed by atoms with Gasteiger partial charge in [0.15, 0.2) is 0 Å². The Morgan fingerprint density at radius 1 is 1.03 bits per heavy atom. The van der Waals surface area contributed by atoms with Crippen LogP contribution in [0, 0.1) is 0 Å². The molecular weight excluding hydrogens is 433 g/mol. The van der Waals surface area contributed by atoms with Gasteiger partial charge in [-0.1, -0.05) is 42.5 Å². The van der Waals surface area contributed by atoms with Gasteiger partial charge in [-0.15, -0.1) is 0 Å². The van der Waals surface area contributed by atoms with Crippen molar-refractivity contribution in [3.8, 4) is 22.6 Å². The summed E-state index contributed by atoms with van der Waals surface area (Å²) >= 11 is 0. The third-order valence-corrected chi connectivity index (χ3v) is 6.30. The van der Waals surface area contributed by atoms with Crippen LogP contribution >= 0.6 is 0 Å². The topological polar surface area (TPSA) is 55.8 Å². The molecule has 1 aliphatic heterocycles. The highest BCUT2D eigenvalue weighted by Crippen LogP contribution is 2.45. The van der Waals surface area contributed by atoms with Gasteiger partial charge in [-0.25, -0.2) is 0 Å². The van der Waals surface area contributed by atoms with Crippen LogP contribution in [0.2, 0.25) is 0 Å². The molecule has 0 saturated carbocycles. The van der Waals surface area contributed by atoms with Gasteiger partial charge in [-0.2, -0.15) is 13.2 Å². The molecule has 1 N–H and O–H groups in total. The van der Waals surface area contributed by atoms with E-state index in [9.17, 15) is 18.0 Å². The molecule has 2 aliphatic rings. The van der Waals surface area contributed by atoms with E-state index in [1.807, 2.05) is 12.1 Å². The number of rotatable bonds is 5. The van der Waals surface area contributed by atoms with Gasteiger partial charge >= 0.3 is 12.1 Å². The lowest BCUT2D eigenvalue weighted by Gasteiger charge is -2.18. The molecule has 0 spiro atoms. The first-order valence-corrected chi connectivity index (χ1v) is 10.7. The van der Waals surface area contributed by atoms with Crippen molar-refractivity contribution in [2.75, 3.05) is 6.61 Å². The molecule has 0 fully saturated rings. The van der Waals surface area contributed by atoms with Gasteiger partial charge in [0.25, 0.3) is 0 Å². The second-order valence-corrected chi connectivity index (χ2v) is 8.37. The van der Waals surface area contributed by atoms with E-state index in [4.69, 9.17) is 14.6 Å². The quantitative estimate of drug-likeness (QED) is 0.485. The maximum atomic E-state index is 13.6. The summed E-state index contributed by atoms with van der Waals surface area (Å²) in [6.07, 6.45) is -3.44. The Bertz CT molecular complexity index is 1220. The number of carboxylic acids is 1. The van der Waals surface area contributed by atoms with Gasteiger partial charge in [-0.05, 0) is 47.2 Å². The monoisotopic (exact) mass is 454 g/mol. The largest absolute Gasteiger partial charge is 0.492 e. The lowest BCUT2D eigenvalue weighted by atomic mass is 9.93. The Morgan fingerprint density at radius 3 is 2.61 bits per heavy atom. The zero-order valence-electron chi connectivity index (χ0n) is 17.6. The number of carboxylic acid groups (broad SMARTS) is 1. The van der Waals surface area contributed by atoms with Gasteiger partial charge < -0.3 is 14.6 Å². The lowest BCUT2D eigenvalue weighted by Crippen LogP contribution is -2.08. The van der Waals surface area contributed by atoms with Crippen molar-refractivity contribution < 1.29 is 32.5 Å². The predicted molar refractivity (Wildman–Crippen MR) is 116 cm³/mol. The molecule has 4 nitrogen and oxygen atoms in total. The summed E-state index contributed by atoms with van der Waals surface area (Å²) in [6, 6.07) is 16.4. The Labute approximate surface area is 188 Å². The average Bonchev–Trinajstić information content (AvgIpc) is 3.37. The number of benzene rings is 3. The molecule has 2 unspecified atom stereocenters. The molecule has 0 aromatic heterocycles. The van der Waals surface area contributed by atoms with Crippen molar-refractivity contribution in [1.29, 1.82) is 0 Å². The van der Waals surface area contributed by atoms with Crippen molar-refractivity contribution in [2.45, 2.75) is 37.5 Å². The number of aliphatic carboxylic acids is 1. The minimum Gasteiger partial charge on any atom is -0.492 e. The van der Waals surface area contributed by atoms with Crippen LogP contribution in [-0.2, 0) is 17.4 Å². The SMILES string of the molecule is O=C(O)CC1COc2cc(OC3CCc4c(-c5ccccc5C(F)(F)F)cccc43)ccc21. The molecule has 0 amide bonds. The van der Waals surface area contributed by atoms with Crippen molar-refractivity contribution in [1.82, 2.24) is 0 Å². The summed E-state index contributed by atoms with van der Waals surface area (Å²) < 4.78 is 52.6. The number of hydrogen-bond acceptors (Lipinski definition) is 3. The summed E-state index contributed by atoms with van der Waals surface area (Å²) in [6.45, 7) is 0.319. The van der Waals surface area contributed by atoms with E-state index in [0.29, 0.717) is 36.5 Å². The number of alkyl halides is 3. The van der Waals surface area contributed by atoms with E-state index < -0.39 is 17.7 Å². The van der Waals surface area contributed by atoms with E-state index in [1.165, 1.54) is 12.1 Å². The average molecular weight is 454 g/mol. The summed E-state index contributed by atoms with van der Waals surface area (Å²) in [5.41, 5.74) is 2.73. The van der Waals surface area contributed by atoms with Crippen LogP contribution in [0.15, 0.2) is 60.7 Å². The molecular formula is C26H21F3O4. The van der Waals surface area contributed by atoms with E-state index in [1.54, 1.807) is 30.3 Å². The van der Waals surface area contributed by atoms with Gasteiger partial charge in [-0.3, -0.25) is 4.79 Å².